The Morgan fingerprint density at radius 3 is 3.23 bits per heavy atom. The van der Waals surface area contributed by atoms with Crippen molar-refractivity contribution < 1.29 is 11.0 Å². The van der Waals surface area contributed by atoms with Gasteiger partial charge in [-0.15, -0.1) is 0 Å². The molecule has 0 atom stereocenters. The van der Waals surface area contributed by atoms with Crippen molar-refractivity contribution in [2.24, 2.45) is 0 Å². The van der Waals surface area contributed by atoms with Gasteiger partial charge in [0, 0.05) is 10.3 Å². The van der Waals surface area contributed by atoms with Gasteiger partial charge in [0.1, 0.15) is 0 Å². The third-order valence-electron chi connectivity index (χ3n) is 1.27. The maximum Gasteiger partial charge on any atom is 0.153 e. The summed E-state index contributed by atoms with van der Waals surface area (Å²) in [4.78, 5) is 3.65. The molecular weight excluding hydrogens is 164 g/mol. The summed E-state index contributed by atoms with van der Waals surface area (Å²) in [5.74, 6) is -0.381. The van der Waals surface area contributed by atoms with E-state index in [9.17, 15) is 0 Å². The third-order valence-corrected chi connectivity index (χ3v) is 1.27. The normalized spacial score (nSPS) is 20.0. The molecule has 0 saturated heterocycles. The van der Waals surface area contributed by atoms with Gasteiger partial charge in [0.25, 0.3) is 0 Å². The van der Waals surface area contributed by atoms with Gasteiger partial charge >= 0.3 is 0 Å². The minimum atomic E-state index is -2.71. The molecule has 0 saturated carbocycles. The van der Waals surface area contributed by atoms with Gasteiger partial charge in [0.2, 0.25) is 0 Å². The van der Waals surface area contributed by atoms with Crippen LogP contribution in [0.1, 0.15) is 16.5 Å². The zero-order valence-electron chi connectivity index (χ0n) is 14.4. The lowest BCUT2D eigenvalue weighted by Gasteiger charge is -1.99. The third kappa shape index (κ3) is 1.51. The fourth-order valence-electron chi connectivity index (χ4n) is 0.749. The van der Waals surface area contributed by atoms with E-state index in [1.807, 2.05) is 0 Å². The molecule has 2 aromatic rings. The number of hydrogen-bond acceptors (Lipinski definition) is 3. The monoisotopic (exact) mass is 182 g/mol. The van der Waals surface area contributed by atoms with Crippen LogP contribution in [0.2, 0.25) is 0 Å². The smallest absolute Gasteiger partial charge is 0.153 e. The second kappa shape index (κ2) is 2.90. The largest absolute Gasteiger partial charge is 0.397 e. The Labute approximate surface area is 87.3 Å². The van der Waals surface area contributed by atoms with E-state index in [1.54, 1.807) is 0 Å². The van der Waals surface area contributed by atoms with Crippen molar-refractivity contribution in [3.05, 3.63) is 36.2 Å². The van der Waals surface area contributed by atoms with E-state index in [1.165, 1.54) is 0 Å². The molecule has 0 aliphatic rings. The predicted octanol–water partition coefficient (Wildman–Crippen LogP) is 1.16. The number of nitrogens with two attached hydrogens (primary N) is 1. The van der Waals surface area contributed by atoms with E-state index >= 15 is 0 Å². The SMILES string of the molecule is [2H]c1nc(-n2nc([2H])c(C([2H])([2H])[2H])c2[2H])c([2H])c([2H])c1N. The number of pyridine rings is 1. The Morgan fingerprint density at radius 2 is 2.46 bits per heavy atom. The van der Waals surface area contributed by atoms with E-state index in [-0.39, 0.29) is 11.5 Å². The van der Waals surface area contributed by atoms with Gasteiger partial charge in [-0.2, -0.15) is 5.10 Å². The lowest BCUT2D eigenvalue weighted by Crippen LogP contribution is -1.97. The second-order valence-electron chi connectivity index (χ2n) is 2.22. The van der Waals surface area contributed by atoms with Gasteiger partial charge in [-0.3, -0.25) is 0 Å². The fourth-order valence-corrected chi connectivity index (χ4v) is 0.749. The van der Waals surface area contributed by atoms with Crippen LogP contribution in [-0.4, -0.2) is 14.8 Å². The molecule has 0 amide bonds. The number of hydrogen-bond donors (Lipinski definition) is 1. The van der Waals surface area contributed by atoms with Gasteiger partial charge in [0.15, 0.2) is 5.82 Å². The first-order valence-corrected chi connectivity index (χ1v) is 3.36. The molecule has 13 heavy (non-hydrogen) atoms. The van der Waals surface area contributed by atoms with Crippen LogP contribution in [0.15, 0.2) is 30.6 Å². The molecule has 0 unspecified atom stereocenters. The van der Waals surface area contributed by atoms with Crippen molar-refractivity contribution >= 4 is 5.69 Å². The number of nitrogen functional groups attached to an aromatic ring is 1. The molecule has 0 aliphatic heterocycles. The van der Waals surface area contributed by atoms with Crippen LogP contribution in [0, 0.1) is 6.85 Å². The number of aromatic nitrogens is 3. The van der Waals surface area contributed by atoms with Crippen molar-refractivity contribution in [1.29, 1.82) is 0 Å². The summed E-state index contributed by atoms with van der Waals surface area (Å²) in [6, 6.07) is -0.974. The zero-order chi connectivity index (χ0) is 16.1. The standard InChI is InChI=1S/C9H10N4/c1-7-4-12-13(6-7)9-3-2-8(10)5-11-9/h2-6H,10H2,1H3/i1D3,2D,3D,4D,5D,6D. The van der Waals surface area contributed by atoms with E-state index in [0.29, 0.717) is 4.68 Å². The van der Waals surface area contributed by atoms with Crippen LogP contribution in [0.5, 0.6) is 0 Å². The molecule has 0 spiro atoms. The Bertz CT molecular complexity index is 720. The maximum absolute atomic E-state index is 7.80. The van der Waals surface area contributed by atoms with Crippen LogP contribution in [0.4, 0.5) is 5.69 Å². The van der Waals surface area contributed by atoms with E-state index in [0.717, 1.165) is 0 Å². The van der Waals surface area contributed by atoms with Crippen LogP contribution >= 0.6 is 0 Å². The van der Waals surface area contributed by atoms with Crippen molar-refractivity contribution in [2.75, 3.05) is 5.73 Å². The molecule has 2 aromatic heterocycles. The summed E-state index contributed by atoms with van der Waals surface area (Å²) in [6.45, 7) is -2.71. The molecule has 0 aliphatic carbocycles. The second-order valence-corrected chi connectivity index (χ2v) is 2.22. The maximum atomic E-state index is 7.80. The average molecular weight is 182 g/mol. The first-order valence-electron chi connectivity index (χ1n) is 7.36. The van der Waals surface area contributed by atoms with Crippen molar-refractivity contribution in [3.8, 4) is 5.82 Å². The molecule has 0 bridgehead atoms. The number of anilines is 1. The molecule has 2 heterocycles. The van der Waals surface area contributed by atoms with E-state index in [4.69, 9.17) is 16.7 Å². The van der Waals surface area contributed by atoms with Crippen molar-refractivity contribution in [2.45, 2.75) is 6.85 Å². The summed E-state index contributed by atoms with van der Waals surface area (Å²) in [6.07, 6.45) is -1.76. The van der Waals surface area contributed by atoms with E-state index in [2.05, 4.69) is 10.1 Å². The number of rotatable bonds is 1. The highest BCUT2D eigenvalue weighted by molar-refractivity contribution is 5.38. The lowest BCUT2D eigenvalue weighted by molar-refractivity contribution is 0.847. The van der Waals surface area contributed by atoms with Gasteiger partial charge in [0.05, 0.1) is 24.9 Å². The Morgan fingerprint density at radius 1 is 1.54 bits per heavy atom. The highest BCUT2D eigenvalue weighted by Crippen LogP contribution is 2.06. The van der Waals surface area contributed by atoms with Crippen LogP contribution in [-0.2, 0) is 0 Å². The van der Waals surface area contributed by atoms with Crippen LogP contribution in [0.25, 0.3) is 5.82 Å². The van der Waals surface area contributed by atoms with Crippen LogP contribution < -0.4 is 5.73 Å². The zero-order valence-corrected chi connectivity index (χ0v) is 6.42. The fraction of sp³-hybridized carbons (Fsp3) is 0.111. The lowest BCUT2D eigenvalue weighted by atomic mass is 10.4. The minimum absolute atomic E-state index is 0.301. The Balaban J connectivity index is 2.76. The predicted molar refractivity (Wildman–Crippen MR) is 50.5 cm³/mol. The van der Waals surface area contributed by atoms with Crippen molar-refractivity contribution in [1.82, 2.24) is 14.8 Å². The molecule has 4 heteroatoms. The molecule has 2 N–H and O–H groups in total. The summed E-state index contributed by atoms with van der Waals surface area (Å²) in [5.41, 5.74) is 4.53. The molecule has 66 valence electrons. The molecular formula is C9H10N4. The van der Waals surface area contributed by atoms with Crippen molar-refractivity contribution in [3.63, 3.8) is 0 Å². The molecule has 4 nitrogen and oxygen atoms in total. The average Bonchev–Trinajstić information content (AvgIpc) is 2.66. The van der Waals surface area contributed by atoms with E-state index < -0.39 is 43.0 Å². The summed E-state index contributed by atoms with van der Waals surface area (Å²) >= 11 is 0. The molecule has 0 aromatic carbocycles. The summed E-state index contributed by atoms with van der Waals surface area (Å²) < 4.78 is 60.7. The highest BCUT2D eigenvalue weighted by atomic mass is 15.3. The topological polar surface area (TPSA) is 56.7 Å². The first-order chi connectivity index (χ1) is 9.55. The van der Waals surface area contributed by atoms with Gasteiger partial charge in [-0.25, -0.2) is 9.67 Å². The molecule has 0 fully saturated rings. The number of nitrogens with zero attached hydrogens (tertiary/aromatic N) is 3. The van der Waals surface area contributed by atoms with Gasteiger partial charge < -0.3 is 5.73 Å². The van der Waals surface area contributed by atoms with Crippen LogP contribution in [0.3, 0.4) is 0 Å². The summed E-state index contributed by atoms with van der Waals surface area (Å²) in [7, 11) is 0. The van der Waals surface area contributed by atoms with Gasteiger partial charge in [-0.05, 0) is 24.5 Å². The Kier molecular flexibility index (Phi) is 0.631. The molecule has 2 rings (SSSR count). The van der Waals surface area contributed by atoms with Gasteiger partial charge in [-0.1, -0.05) is 0 Å². The highest BCUT2D eigenvalue weighted by Gasteiger charge is 1.97. The quantitative estimate of drug-likeness (QED) is 0.720. The summed E-state index contributed by atoms with van der Waals surface area (Å²) in [5, 5.41) is 3.57. The first kappa shape index (κ1) is 2.83. The minimum Gasteiger partial charge on any atom is -0.397 e. The Hall–Kier alpha value is -1.84. The molecule has 0 radical (unpaired) electrons.